The predicted molar refractivity (Wildman–Crippen MR) is 80.2 cm³/mol. The van der Waals surface area contributed by atoms with Crippen molar-refractivity contribution in [2.75, 3.05) is 18.6 Å². The first kappa shape index (κ1) is 13.9. The van der Waals surface area contributed by atoms with Crippen molar-refractivity contribution in [3.8, 4) is 0 Å². The third kappa shape index (κ3) is 2.32. The van der Waals surface area contributed by atoms with Crippen molar-refractivity contribution in [1.29, 1.82) is 0 Å². The Kier molecular flexibility index (Phi) is 3.66. The monoisotopic (exact) mass is 270 g/mol. The summed E-state index contributed by atoms with van der Waals surface area (Å²) in [5.74, 6) is -0.327. The van der Waals surface area contributed by atoms with E-state index in [9.17, 15) is 4.79 Å². The van der Waals surface area contributed by atoms with Crippen LogP contribution >= 0.6 is 0 Å². The van der Waals surface area contributed by atoms with Crippen molar-refractivity contribution in [2.24, 2.45) is 0 Å². The molecule has 0 spiro atoms. The van der Waals surface area contributed by atoms with E-state index in [1.807, 2.05) is 31.2 Å². The lowest BCUT2D eigenvalue weighted by Crippen LogP contribution is -2.35. The van der Waals surface area contributed by atoms with E-state index < -0.39 is 5.41 Å². The summed E-state index contributed by atoms with van der Waals surface area (Å²) in [6.45, 7) is 1.83. The Morgan fingerprint density at radius 3 is 1.55 bits per heavy atom. The maximum atomic E-state index is 12.3. The highest BCUT2D eigenvalue weighted by molar-refractivity contribution is 5.87. The zero-order valence-corrected chi connectivity index (χ0v) is 11.6. The van der Waals surface area contributed by atoms with Crippen LogP contribution in [0.2, 0.25) is 0 Å². The van der Waals surface area contributed by atoms with Gasteiger partial charge >= 0.3 is 5.97 Å². The molecule has 0 aromatic heterocycles. The Bertz CT molecular complexity index is 558. The van der Waals surface area contributed by atoms with Crippen LogP contribution in [0.25, 0.3) is 0 Å². The number of carbonyl (C=O) groups is 1. The average Bonchev–Trinajstić information content (AvgIpc) is 2.47. The van der Waals surface area contributed by atoms with Gasteiger partial charge in [0.05, 0.1) is 7.11 Å². The summed E-state index contributed by atoms with van der Waals surface area (Å²) in [4.78, 5) is 12.3. The lowest BCUT2D eigenvalue weighted by Gasteiger charge is -2.28. The minimum absolute atomic E-state index is 0.327. The molecule has 0 amide bonds. The van der Waals surface area contributed by atoms with Crippen LogP contribution in [0.15, 0.2) is 48.5 Å². The molecule has 0 bridgehead atoms. The van der Waals surface area contributed by atoms with E-state index in [0.29, 0.717) is 11.4 Å². The normalized spacial score (nSPS) is 11.1. The molecule has 0 saturated heterocycles. The standard InChI is InChI=1S/C16H18N2O2/c1-16(15(19)20-2,11-3-7-13(17)8-4-11)12-5-9-14(18)10-6-12/h3-10H,17-18H2,1-2H3. The third-order valence-corrected chi connectivity index (χ3v) is 3.57. The molecule has 4 N–H and O–H groups in total. The molecule has 0 heterocycles. The summed E-state index contributed by atoms with van der Waals surface area (Å²) >= 11 is 0. The number of hydrogen-bond acceptors (Lipinski definition) is 4. The fourth-order valence-corrected chi connectivity index (χ4v) is 2.24. The SMILES string of the molecule is COC(=O)C(C)(c1ccc(N)cc1)c1ccc(N)cc1. The highest BCUT2D eigenvalue weighted by Crippen LogP contribution is 2.34. The summed E-state index contributed by atoms with van der Waals surface area (Å²) in [6, 6.07) is 14.4. The van der Waals surface area contributed by atoms with Gasteiger partial charge in [-0.25, -0.2) is 0 Å². The number of carbonyl (C=O) groups excluding carboxylic acids is 1. The smallest absolute Gasteiger partial charge is 0.320 e. The molecule has 2 aromatic carbocycles. The number of rotatable bonds is 3. The summed E-state index contributed by atoms with van der Waals surface area (Å²) in [7, 11) is 1.38. The number of anilines is 2. The number of ether oxygens (including phenoxy) is 1. The van der Waals surface area contributed by atoms with Gasteiger partial charge in [-0.15, -0.1) is 0 Å². The van der Waals surface area contributed by atoms with E-state index in [0.717, 1.165) is 11.1 Å². The maximum Gasteiger partial charge on any atom is 0.320 e. The maximum absolute atomic E-state index is 12.3. The molecule has 2 rings (SSSR count). The van der Waals surface area contributed by atoms with E-state index in [1.165, 1.54) is 7.11 Å². The fourth-order valence-electron chi connectivity index (χ4n) is 2.24. The van der Waals surface area contributed by atoms with Gasteiger partial charge in [0.2, 0.25) is 0 Å². The van der Waals surface area contributed by atoms with Gasteiger partial charge in [0, 0.05) is 11.4 Å². The van der Waals surface area contributed by atoms with Crippen LogP contribution in [-0.2, 0) is 14.9 Å². The highest BCUT2D eigenvalue weighted by Gasteiger charge is 2.38. The topological polar surface area (TPSA) is 78.3 Å². The first-order chi connectivity index (χ1) is 9.48. The van der Waals surface area contributed by atoms with Crippen LogP contribution < -0.4 is 11.5 Å². The van der Waals surface area contributed by atoms with Crippen LogP contribution in [0, 0.1) is 0 Å². The second-order valence-corrected chi connectivity index (χ2v) is 4.86. The first-order valence-corrected chi connectivity index (χ1v) is 6.29. The van der Waals surface area contributed by atoms with Crippen molar-refractivity contribution in [3.05, 3.63) is 59.7 Å². The van der Waals surface area contributed by atoms with Gasteiger partial charge < -0.3 is 16.2 Å². The number of esters is 1. The molecule has 20 heavy (non-hydrogen) atoms. The molecule has 104 valence electrons. The molecular formula is C16H18N2O2. The highest BCUT2D eigenvalue weighted by atomic mass is 16.5. The second-order valence-electron chi connectivity index (χ2n) is 4.86. The van der Waals surface area contributed by atoms with E-state index in [2.05, 4.69) is 0 Å². The lowest BCUT2D eigenvalue weighted by molar-refractivity contribution is -0.145. The minimum Gasteiger partial charge on any atom is -0.468 e. The van der Waals surface area contributed by atoms with Crippen molar-refractivity contribution in [3.63, 3.8) is 0 Å². The van der Waals surface area contributed by atoms with E-state index in [4.69, 9.17) is 16.2 Å². The van der Waals surface area contributed by atoms with Gasteiger partial charge in [-0.3, -0.25) is 4.79 Å². The molecule has 4 heteroatoms. The fraction of sp³-hybridized carbons (Fsp3) is 0.188. The zero-order chi connectivity index (χ0) is 14.8. The quantitative estimate of drug-likeness (QED) is 0.662. The summed E-state index contributed by atoms with van der Waals surface area (Å²) < 4.78 is 4.98. The number of nitrogen functional groups attached to an aromatic ring is 2. The first-order valence-electron chi connectivity index (χ1n) is 6.29. The Morgan fingerprint density at radius 1 is 0.900 bits per heavy atom. The van der Waals surface area contributed by atoms with Crippen LogP contribution in [0.5, 0.6) is 0 Å². The molecule has 0 unspecified atom stereocenters. The molecule has 0 atom stereocenters. The predicted octanol–water partition coefficient (Wildman–Crippen LogP) is 2.33. The van der Waals surface area contributed by atoms with Crippen LogP contribution in [0.3, 0.4) is 0 Å². The molecule has 0 aliphatic rings. The summed E-state index contributed by atoms with van der Waals surface area (Å²) in [5, 5.41) is 0. The van der Waals surface area contributed by atoms with Gasteiger partial charge in [-0.1, -0.05) is 24.3 Å². The number of benzene rings is 2. The Balaban J connectivity index is 2.58. The largest absolute Gasteiger partial charge is 0.468 e. The number of hydrogen-bond donors (Lipinski definition) is 2. The zero-order valence-electron chi connectivity index (χ0n) is 11.6. The molecule has 4 nitrogen and oxygen atoms in total. The van der Waals surface area contributed by atoms with Gasteiger partial charge in [0.15, 0.2) is 0 Å². The lowest BCUT2D eigenvalue weighted by atomic mass is 9.76. The Hall–Kier alpha value is -2.49. The third-order valence-electron chi connectivity index (χ3n) is 3.57. The van der Waals surface area contributed by atoms with E-state index in [-0.39, 0.29) is 5.97 Å². The van der Waals surface area contributed by atoms with Gasteiger partial charge in [0.1, 0.15) is 5.41 Å². The van der Waals surface area contributed by atoms with E-state index in [1.54, 1.807) is 24.3 Å². The second kappa shape index (κ2) is 5.25. The molecule has 0 radical (unpaired) electrons. The molecule has 0 aliphatic carbocycles. The Labute approximate surface area is 118 Å². The van der Waals surface area contributed by atoms with Crippen LogP contribution in [0.4, 0.5) is 11.4 Å². The van der Waals surface area contributed by atoms with Crippen molar-refractivity contribution in [1.82, 2.24) is 0 Å². The summed E-state index contributed by atoms with van der Waals surface area (Å²) in [6.07, 6.45) is 0. The molecule has 0 saturated carbocycles. The number of nitrogens with two attached hydrogens (primary N) is 2. The summed E-state index contributed by atoms with van der Waals surface area (Å²) in [5.41, 5.74) is 13.5. The molecule has 0 aliphatic heterocycles. The molecule has 0 fully saturated rings. The minimum atomic E-state index is -0.893. The van der Waals surface area contributed by atoms with Crippen molar-refractivity contribution < 1.29 is 9.53 Å². The van der Waals surface area contributed by atoms with Gasteiger partial charge in [-0.05, 0) is 42.3 Å². The van der Waals surface area contributed by atoms with Crippen LogP contribution in [0.1, 0.15) is 18.1 Å². The van der Waals surface area contributed by atoms with Gasteiger partial charge in [-0.2, -0.15) is 0 Å². The van der Waals surface area contributed by atoms with Crippen molar-refractivity contribution >= 4 is 17.3 Å². The average molecular weight is 270 g/mol. The molecular weight excluding hydrogens is 252 g/mol. The molecule has 2 aromatic rings. The van der Waals surface area contributed by atoms with Crippen LogP contribution in [-0.4, -0.2) is 13.1 Å². The van der Waals surface area contributed by atoms with E-state index >= 15 is 0 Å². The van der Waals surface area contributed by atoms with Crippen molar-refractivity contribution in [2.45, 2.75) is 12.3 Å². The number of methoxy groups -OCH3 is 1. The Morgan fingerprint density at radius 2 is 1.25 bits per heavy atom. The van der Waals surface area contributed by atoms with Gasteiger partial charge in [0.25, 0.3) is 0 Å².